The summed E-state index contributed by atoms with van der Waals surface area (Å²) in [6, 6.07) is 14.0. The number of methoxy groups -OCH3 is 1. The number of carbonyl (C=O) groups excluding carboxylic acids is 2. The van der Waals surface area contributed by atoms with Crippen molar-refractivity contribution in [1.29, 1.82) is 0 Å². The molecule has 2 N–H and O–H groups in total. The fraction of sp³-hybridized carbons (Fsp3) is 0.407. The number of ether oxygens (including phenoxy) is 1. The quantitative estimate of drug-likeness (QED) is 0.469. The second-order valence-corrected chi connectivity index (χ2v) is 8.50. The van der Waals surface area contributed by atoms with Crippen molar-refractivity contribution in [3.05, 3.63) is 71.9 Å². The molecule has 2 aromatic rings. The molecule has 3 rings (SSSR count). The molecule has 182 valence electrons. The number of benzene rings is 2. The van der Waals surface area contributed by atoms with E-state index in [2.05, 4.69) is 52.1 Å². The number of nitrogens with one attached hydrogen (secondary N) is 2. The van der Waals surface area contributed by atoms with E-state index in [9.17, 15) is 9.59 Å². The Morgan fingerprint density at radius 3 is 2.29 bits per heavy atom. The Bertz CT molecular complexity index is 953. The van der Waals surface area contributed by atoms with Gasteiger partial charge in [-0.15, -0.1) is 0 Å². The molecule has 7 nitrogen and oxygen atoms in total. The zero-order valence-corrected chi connectivity index (χ0v) is 20.3. The van der Waals surface area contributed by atoms with Crippen LogP contribution in [0.3, 0.4) is 0 Å². The minimum atomic E-state index is -0.267. The Morgan fingerprint density at radius 2 is 1.71 bits per heavy atom. The third-order valence-electron chi connectivity index (χ3n) is 6.21. The van der Waals surface area contributed by atoms with Crippen molar-refractivity contribution >= 4 is 23.6 Å². The minimum Gasteiger partial charge on any atom is -0.380 e. The van der Waals surface area contributed by atoms with Crippen LogP contribution in [0.2, 0.25) is 0 Å². The van der Waals surface area contributed by atoms with E-state index in [1.807, 2.05) is 24.3 Å². The average molecular weight is 465 g/mol. The van der Waals surface area contributed by atoms with Gasteiger partial charge in [-0.3, -0.25) is 9.59 Å². The van der Waals surface area contributed by atoms with Gasteiger partial charge in [-0.2, -0.15) is 0 Å². The first-order valence-corrected chi connectivity index (χ1v) is 11.9. The van der Waals surface area contributed by atoms with Crippen molar-refractivity contribution in [2.24, 2.45) is 0 Å². The summed E-state index contributed by atoms with van der Waals surface area (Å²) in [6.07, 6.45) is 3.97. The predicted molar refractivity (Wildman–Crippen MR) is 137 cm³/mol. The second kappa shape index (κ2) is 12.9. The highest BCUT2D eigenvalue weighted by Gasteiger charge is 2.20. The molecule has 1 aliphatic heterocycles. The van der Waals surface area contributed by atoms with Gasteiger partial charge in [0.05, 0.1) is 12.6 Å². The van der Waals surface area contributed by atoms with E-state index >= 15 is 0 Å². The highest BCUT2D eigenvalue weighted by atomic mass is 16.5. The van der Waals surface area contributed by atoms with Crippen LogP contribution in [-0.4, -0.2) is 51.5 Å². The van der Waals surface area contributed by atoms with Crippen LogP contribution in [0.1, 0.15) is 41.3 Å². The highest BCUT2D eigenvalue weighted by molar-refractivity contribution is 5.82. The van der Waals surface area contributed by atoms with Crippen LogP contribution < -0.4 is 20.4 Å². The van der Waals surface area contributed by atoms with Crippen LogP contribution in [0.15, 0.2) is 55.2 Å². The molecule has 1 aliphatic rings. The molecule has 0 saturated carbocycles. The third kappa shape index (κ3) is 6.68. The Balaban J connectivity index is 1.68. The summed E-state index contributed by atoms with van der Waals surface area (Å²) in [6.45, 7) is 10.4. The van der Waals surface area contributed by atoms with Gasteiger partial charge in [-0.25, -0.2) is 0 Å². The molecular formula is C27H36N4O3. The molecule has 1 atom stereocenters. The first-order valence-electron chi connectivity index (χ1n) is 11.9. The number of rotatable bonds is 12. The Hall–Kier alpha value is -3.16. The van der Waals surface area contributed by atoms with Gasteiger partial charge < -0.3 is 25.2 Å². The third-order valence-corrected chi connectivity index (χ3v) is 6.21. The standard InChI is InChI=1S/C27H36N4O3/c1-4-6-26(27(33)28-5-2)29-18-23-17-25(12-9-22(23)20-34-3)31-15-13-30(14-16-31)24-10-7-21(19-32)8-11-24/h5,7-12,17,19,26,29H,2,4,6,13-16,18,20H2,1,3H3,(H,28,33). The molecule has 1 fully saturated rings. The predicted octanol–water partition coefficient (Wildman–Crippen LogP) is 3.49. The van der Waals surface area contributed by atoms with Crippen molar-refractivity contribution in [3.8, 4) is 0 Å². The number of hydrogen-bond acceptors (Lipinski definition) is 6. The first kappa shape index (κ1) is 25.5. The maximum Gasteiger partial charge on any atom is 0.241 e. The second-order valence-electron chi connectivity index (χ2n) is 8.50. The van der Waals surface area contributed by atoms with Crippen LogP contribution in [0.5, 0.6) is 0 Å². The van der Waals surface area contributed by atoms with E-state index in [1.54, 1.807) is 7.11 Å². The monoisotopic (exact) mass is 464 g/mol. The summed E-state index contributed by atoms with van der Waals surface area (Å²) in [7, 11) is 1.70. The van der Waals surface area contributed by atoms with Crippen LogP contribution in [0, 0.1) is 0 Å². The molecule has 1 saturated heterocycles. The molecular weight excluding hydrogens is 428 g/mol. The maximum atomic E-state index is 12.4. The first-order chi connectivity index (χ1) is 16.6. The molecule has 1 heterocycles. The highest BCUT2D eigenvalue weighted by Crippen LogP contribution is 2.24. The van der Waals surface area contributed by atoms with Gasteiger partial charge in [0.25, 0.3) is 0 Å². The Morgan fingerprint density at radius 1 is 1.06 bits per heavy atom. The topological polar surface area (TPSA) is 73.9 Å². The fourth-order valence-corrected chi connectivity index (χ4v) is 4.31. The molecule has 0 spiro atoms. The molecule has 0 aromatic heterocycles. The summed E-state index contributed by atoms with van der Waals surface area (Å²) < 4.78 is 5.41. The van der Waals surface area contributed by atoms with Crippen molar-refractivity contribution < 1.29 is 14.3 Å². The van der Waals surface area contributed by atoms with E-state index < -0.39 is 0 Å². The molecule has 0 radical (unpaired) electrons. The van der Waals surface area contributed by atoms with Gasteiger partial charge in [0.15, 0.2) is 0 Å². The Labute approximate surface area is 202 Å². The SMILES string of the molecule is C=CNC(=O)C(CCC)NCc1cc(N2CCN(c3ccc(C=O)cc3)CC2)ccc1COC. The van der Waals surface area contributed by atoms with Gasteiger partial charge in [-0.05, 0) is 60.1 Å². The largest absolute Gasteiger partial charge is 0.380 e. The number of nitrogens with zero attached hydrogens (tertiary/aromatic N) is 2. The number of anilines is 2. The minimum absolute atomic E-state index is 0.0569. The van der Waals surface area contributed by atoms with Gasteiger partial charge in [-0.1, -0.05) is 26.0 Å². The number of piperazine rings is 1. The maximum absolute atomic E-state index is 12.4. The Kier molecular flexibility index (Phi) is 9.67. The molecule has 7 heteroatoms. The van der Waals surface area contributed by atoms with Crippen LogP contribution in [0.4, 0.5) is 11.4 Å². The van der Waals surface area contributed by atoms with Crippen molar-refractivity contribution in [2.45, 2.75) is 39.0 Å². The summed E-state index contributed by atoms with van der Waals surface area (Å²) in [4.78, 5) is 28.0. The van der Waals surface area contributed by atoms with Gasteiger partial charge in [0, 0.05) is 56.8 Å². The number of hydrogen-bond donors (Lipinski definition) is 2. The average Bonchev–Trinajstić information content (AvgIpc) is 2.87. The number of aldehydes is 1. The van der Waals surface area contributed by atoms with Gasteiger partial charge >= 0.3 is 0 Å². The van der Waals surface area contributed by atoms with E-state index in [0.29, 0.717) is 18.7 Å². The smallest absolute Gasteiger partial charge is 0.241 e. The van der Waals surface area contributed by atoms with Gasteiger partial charge in [0.1, 0.15) is 6.29 Å². The summed E-state index contributed by atoms with van der Waals surface area (Å²) >= 11 is 0. The molecule has 1 amide bonds. The van der Waals surface area contributed by atoms with Crippen LogP contribution in [-0.2, 0) is 22.7 Å². The molecule has 34 heavy (non-hydrogen) atoms. The molecule has 0 aliphatic carbocycles. The number of carbonyl (C=O) groups is 2. The summed E-state index contributed by atoms with van der Waals surface area (Å²) in [5, 5.41) is 6.12. The van der Waals surface area contributed by atoms with Crippen LogP contribution in [0.25, 0.3) is 0 Å². The zero-order valence-electron chi connectivity index (χ0n) is 20.3. The zero-order chi connectivity index (χ0) is 24.3. The van der Waals surface area contributed by atoms with Gasteiger partial charge in [0.2, 0.25) is 5.91 Å². The summed E-state index contributed by atoms with van der Waals surface area (Å²) in [5.74, 6) is -0.0569. The summed E-state index contributed by atoms with van der Waals surface area (Å²) in [5.41, 5.74) is 5.27. The molecule has 2 aromatic carbocycles. The molecule has 0 bridgehead atoms. The van der Waals surface area contributed by atoms with E-state index in [1.165, 1.54) is 11.9 Å². The lowest BCUT2D eigenvalue weighted by atomic mass is 10.0. The van der Waals surface area contributed by atoms with Crippen molar-refractivity contribution in [2.75, 3.05) is 43.1 Å². The van der Waals surface area contributed by atoms with Crippen LogP contribution >= 0.6 is 0 Å². The lowest BCUT2D eigenvalue weighted by Crippen LogP contribution is -2.46. The van der Waals surface area contributed by atoms with E-state index in [-0.39, 0.29) is 11.9 Å². The fourth-order valence-electron chi connectivity index (χ4n) is 4.31. The van der Waals surface area contributed by atoms with E-state index in [0.717, 1.165) is 62.1 Å². The lowest BCUT2D eigenvalue weighted by molar-refractivity contribution is -0.122. The molecule has 1 unspecified atom stereocenters. The number of amides is 1. The normalized spacial score (nSPS) is 14.5. The lowest BCUT2D eigenvalue weighted by Gasteiger charge is -2.37. The van der Waals surface area contributed by atoms with Crippen molar-refractivity contribution in [1.82, 2.24) is 10.6 Å². The van der Waals surface area contributed by atoms with Crippen molar-refractivity contribution in [3.63, 3.8) is 0 Å². The van der Waals surface area contributed by atoms with E-state index in [4.69, 9.17) is 4.74 Å².